The fourth-order valence-corrected chi connectivity index (χ4v) is 1.74. The highest BCUT2D eigenvalue weighted by atomic mass is 19.1. The minimum absolute atomic E-state index is 0.0345. The minimum atomic E-state index is -0.693. The van der Waals surface area contributed by atoms with Gasteiger partial charge in [0.2, 0.25) is 5.90 Å². The van der Waals surface area contributed by atoms with Crippen LogP contribution in [0.5, 0.6) is 0 Å². The second-order valence-electron chi connectivity index (χ2n) is 4.64. The van der Waals surface area contributed by atoms with E-state index in [1.54, 1.807) is 0 Å². The van der Waals surface area contributed by atoms with Crippen LogP contribution in [0.15, 0.2) is 17.1 Å². The average molecular weight is 240 g/mol. The summed E-state index contributed by atoms with van der Waals surface area (Å²) in [6.45, 7) is 4.17. The highest BCUT2D eigenvalue weighted by Crippen LogP contribution is 2.25. The summed E-state index contributed by atoms with van der Waals surface area (Å²) in [6, 6.07) is 2.02. The highest BCUT2D eigenvalue weighted by molar-refractivity contribution is 5.97. The number of rotatable bonds is 2. The number of ether oxygens (including phenoxy) is 1. The summed E-state index contributed by atoms with van der Waals surface area (Å²) in [5.74, 6) is -1.14. The van der Waals surface area contributed by atoms with Gasteiger partial charge in [-0.25, -0.2) is 13.8 Å². The molecule has 0 spiro atoms. The largest absolute Gasteiger partial charge is 0.475 e. The molecule has 0 fully saturated rings. The van der Waals surface area contributed by atoms with E-state index in [-0.39, 0.29) is 23.5 Å². The van der Waals surface area contributed by atoms with E-state index in [4.69, 9.17) is 10.5 Å². The van der Waals surface area contributed by atoms with Crippen molar-refractivity contribution in [3.63, 3.8) is 0 Å². The van der Waals surface area contributed by atoms with Crippen molar-refractivity contribution >= 4 is 5.90 Å². The van der Waals surface area contributed by atoms with Crippen LogP contribution in [0.4, 0.5) is 8.78 Å². The minimum Gasteiger partial charge on any atom is -0.475 e. The van der Waals surface area contributed by atoms with Crippen molar-refractivity contribution in [3.8, 4) is 0 Å². The zero-order valence-electron chi connectivity index (χ0n) is 9.76. The molecule has 0 aliphatic carbocycles. The Morgan fingerprint density at radius 3 is 2.65 bits per heavy atom. The maximum Gasteiger partial charge on any atom is 0.220 e. The summed E-state index contributed by atoms with van der Waals surface area (Å²) in [7, 11) is 0. The lowest BCUT2D eigenvalue weighted by atomic mass is 10.1. The Balaban J connectivity index is 2.53. The predicted octanol–water partition coefficient (Wildman–Crippen LogP) is 1.98. The fourth-order valence-electron chi connectivity index (χ4n) is 1.74. The number of benzene rings is 1. The number of hydrogen-bond acceptors (Lipinski definition) is 3. The first-order valence-corrected chi connectivity index (χ1v) is 5.34. The zero-order valence-corrected chi connectivity index (χ0v) is 9.76. The van der Waals surface area contributed by atoms with Crippen LogP contribution in [0.25, 0.3) is 0 Å². The number of hydrogen-bond donors (Lipinski definition) is 1. The van der Waals surface area contributed by atoms with Gasteiger partial charge >= 0.3 is 0 Å². The van der Waals surface area contributed by atoms with Crippen LogP contribution in [-0.4, -0.2) is 18.0 Å². The Bertz CT molecular complexity index is 484. The van der Waals surface area contributed by atoms with Crippen molar-refractivity contribution in [1.29, 1.82) is 0 Å². The number of aliphatic imine (C=N–C) groups is 1. The molecule has 0 atom stereocenters. The molecule has 2 rings (SSSR count). The van der Waals surface area contributed by atoms with Crippen molar-refractivity contribution in [2.45, 2.75) is 25.9 Å². The molecule has 0 saturated heterocycles. The molecule has 1 aromatic rings. The van der Waals surface area contributed by atoms with Crippen LogP contribution in [0.3, 0.4) is 0 Å². The normalized spacial score (nSPS) is 17.8. The molecule has 92 valence electrons. The Labute approximate surface area is 98.3 Å². The van der Waals surface area contributed by atoms with E-state index in [1.807, 2.05) is 13.8 Å². The van der Waals surface area contributed by atoms with Gasteiger partial charge in [-0.3, -0.25) is 0 Å². The Hall–Kier alpha value is -1.49. The molecule has 5 heteroatoms. The highest BCUT2D eigenvalue weighted by Gasteiger charge is 2.29. The molecule has 0 unspecified atom stereocenters. The predicted molar refractivity (Wildman–Crippen MR) is 60.8 cm³/mol. The number of nitrogens with zero attached hydrogens (tertiary/aromatic N) is 1. The third kappa shape index (κ3) is 2.29. The van der Waals surface area contributed by atoms with Crippen LogP contribution in [0, 0.1) is 11.6 Å². The quantitative estimate of drug-likeness (QED) is 0.859. The maximum absolute atomic E-state index is 13.7. The third-order valence-corrected chi connectivity index (χ3v) is 2.54. The van der Waals surface area contributed by atoms with Gasteiger partial charge in [-0.1, -0.05) is 0 Å². The average Bonchev–Trinajstić information content (AvgIpc) is 2.57. The third-order valence-electron chi connectivity index (χ3n) is 2.54. The Morgan fingerprint density at radius 1 is 1.41 bits per heavy atom. The Morgan fingerprint density at radius 2 is 2.12 bits per heavy atom. The van der Waals surface area contributed by atoms with Crippen molar-refractivity contribution in [2.75, 3.05) is 6.61 Å². The van der Waals surface area contributed by atoms with Gasteiger partial charge < -0.3 is 10.5 Å². The molecule has 0 bridgehead atoms. The molecule has 0 aromatic heterocycles. The van der Waals surface area contributed by atoms with E-state index in [9.17, 15) is 8.78 Å². The lowest BCUT2D eigenvalue weighted by molar-refractivity contribution is 0.278. The van der Waals surface area contributed by atoms with E-state index in [1.165, 1.54) is 6.07 Å². The van der Waals surface area contributed by atoms with Crippen molar-refractivity contribution in [2.24, 2.45) is 10.7 Å². The summed E-state index contributed by atoms with van der Waals surface area (Å²) in [4.78, 5) is 4.27. The molecule has 1 aromatic carbocycles. The molecule has 17 heavy (non-hydrogen) atoms. The topological polar surface area (TPSA) is 47.6 Å². The first kappa shape index (κ1) is 12.0. The van der Waals surface area contributed by atoms with Crippen molar-refractivity contribution < 1.29 is 13.5 Å². The smallest absolute Gasteiger partial charge is 0.220 e. The molecule has 3 nitrogen and oxygen atoms in total. The van der Waals surface area contributed by atoms with E-state index in [2.05, 4.69) is 4.99 Å². The molecule has 0 radical (unpaired) electrons. The van der Waals surface area contributed by atoms with Gasteiger partial charge in [-0.2, -0.15) is 0 Å². The van der Waals surface area contributed by atoms with Crippen LogP contribution in [0.1, 0.15) is 25.0 Å². The van der Waals surface area contributed by atoms with Crippen LogP contribution < -0.4 is 5.73 Å². The lowest BCUT2D eigenvalue weighted by Gasteiger charge is -2.08. The standard InChI is InChI=1S/C12H14F2N2O/c1-12(2)6-17-11(16-12)10-7(5-15)3-8(13)4-9(10)14/h3-4H,5-6,15H2,1-2H3. The fraction of sp³-hybridized carbons (Fsp3) is 0.417. The number of halogens is 2. The van der Waals surface area contributed by atoms with Crippen LogP contribution >= 0.6 is 0 Å². The Kier molecular flexibility index (Phi) is 2.87. The van der Waals surface area contributed by atoms with Gasteiger partial charge in [0, 0.05) is 12.6 Å². The second-order valence-corrected chi connectivity index (χ2v) is 4.64. The van der Waals surface area contributed by atoms with Crippen molar-refractivity contribution in [3.05, 3.63) is 34.9 Å². The van der Waals surface area contributed by atoms with Gasteiger partial charge in [0.1, 0.15) is 18.2 Å². The van der Waals surface area contributed by atoms with E-state index in [0.717, 1.165) is 6.07 Å². The first-order chi connectivity index (χ1) is 7.93. The van der Waals surface area contributed by atoms with Gasteiger partial charge in [-0.05, 0) is 25.5 Å². The van der Waals surface area contributed by atoms with E-state index in [0.29, 0.717) is 12.2 Å². The van der Waals surface area contributed by atoms with Gasteiger partial charge in [0.05, 0.1) is 11.1 Å². The van der Waals surface area contributed by atoms with Gasteiger partial charge in [0.15, 0.2) is 0 Å². The first-order valence-electron chi connectivity index (χ1n) is 5.34. The van der Waals surface area contributed by atoms with Crippen molar-refractivity contribution in [1.82, 2.24) is 0 Å². The molecular formula is C12H14F2N2O. The summed E-state index contributed by atoms with van der Waals surface area (Å²) >= 11 is 0. The summed E-state index contributed by atoms with van der Waals surface area (Å²) in [5.41, 5.74) is 5.62. The van der Waals surface area contributed by atoms with Crippen LogP contribution in [0.2, 0.25) is 0 Å². The van der Waals surface area contributed by atoms with Gasteiger partial charge in [-0.15, -0.1) is 0 Å². The molecule has 0 saturated carbocycles. The molecule has 2 N–H and O–H groups in total. The second kappa shape index (κ2) is 4.07. The molecule has 1 aliphatic rings. The van der Waals surface area contributed by atoms with Crippen LogP contribution in [-0.2, 0) is 11.3 Å². The molecule has 0 amide bonds. The molecule has 1 heterocycles. The van der Waals surface area contributed by atoms with Gasteiger partial charge in [0.25, 0.3) is 0 Å². The zero-order chi connectivity index (χ0) is 12.6. The molecule has 1 aliphatic heterocycles. The SMILES string of the molecule is CC1(C)COC(c2c(F)cc(F)cc2CN)=N1. The lowest BCUT2D eigenvalue weighted by Crippen LogP contribution is -2.17. The van der Waals surface area contributed by atoms with E-state index < -0.39 is 11.6 Å². The molecular weight excluding hydrogens is 226 g/mol. The summed E-state index contributed by atoms with van der Waals surface area (Å²) in [5, 5.41) is 0. The summed E-state index contributed by atoms with van der Waals surface area (Å²) < 4.78 is 32.2. The maximum atomic E-state index is 13.7. The van der Waals surface area contributed by atoms with E-state index >= 15 is 0 Å². The monoisotopic (exact) mass is 240 g/mol. The number of nitrogens with two attached hydrogens (primary N) is 1. The summed E-state index contributed by atoms with van der Waals surface area (Å²) in [6.07, 6.45) is 0.